The molecule has 1 aliphatic heterocycles. The Hall–Kier alpha value is -1.98. The van der Waals surface area contributed by atoms with E-state index >= 15 is 0 Å². The van der Waals surface area contributed by atoms with Crippen molar-refractivity contribution in [2.24, 2.45) is 0 Å². The maximum atomic E-state index is 12.5. The molecule has 1 aliphatic carbocycles. The first-order valence-electron chi connectivity index (χ1n) is 6.33. The van der Waals surface area contributed by atoms with Gasteiger partial charge in [-0.25, -0.2) is 0 Å². The van der Waals surface area contributed by atoms with Crippen LogP contribution in [0.4, 0.5) is 0 Å². The van der Waals surface area contributed by atoms with E-state index in [1.165, 1.54) is 0 Å². The van der Waals surface area contributed by atoms with Crippen LogP contribution in [0.15, 0.2) is 35.4 Å². The van der Waals surface area contributed by atoms with Crippen molar-refractivity contribution >= 4 is 11.6 Å². The molecule has 0 amide bonds. The zero-order chi connectivity index (χ0) is 14.3. The summed E-state index contributed by atoms with van der Waals surface area (Å²) in [6, 6.07) is 6.72. The Kier molecular flexibility index (Phi) is 2.96. The lowest BCUT2D eigenvalue weighted by atomic mass is 9.77. The summed E-state index contributed by atoms with van der Waals surface area (Å²) in [5, 5.41) is 0. The molecule has 0 unspecified atom stereocenters. The van der Waals surface area contributed by atoms with Gasteiger partial charge in [0.2, 0.25) is 5.78 Å². The van der Waals surface area contributed by atoms with Gasteiger partial charge in [0.1, 0.15) is 5.75 Å². The summed E-state index contributed by atoms with van der Waals surface area (Å²) in [5.41, 5.74) is 1.20. The highest BCUT2D eigenvalue weighted by Crippen LogP contribution is 2.43. The maximum absolute atomic E-state index is 12.5. The molecule has 3 rings (SSSR count). The van der Waals surface area contributed by atoms with Crippen LogP contribution < -0.4 is 4.74 Å². The Labute approximate surface area is 116 Å². The standard InChI is InChI=1S/C15H14O5/c1-9-12(15(14(9)17)19-7-8-20-15)13(16)10-3-5-11(18-2)6-4-10/h3-6H,7-8H2,1-2H3. The third-order valence-corrected chi connectivity index (χ3v) is 3.62. The summed E-state index contributed by atoms with van der Waals surface area (Å²) < 4.78 is 15.8. The minimum absolute atomic E-state index is 0.244. The molecule has 104 valence electrons. The van der Waals surface area contributed by atoms with Gasteiger partial charge in [0.15, 0.2) is 5.78 Å². The molecular weight excluding hydrogens is 260 g/mol. The smallest absolute Gasteiger partial charge is 0.265 e. The molecule has 0 N–H and O–H groups in total. The van der Waals surface area contributed by atoms with Crippen LogP contribution in [-0.4, -0.2) is 37.7 Å². The Bertz CT molecular complexity index is 606. The molecule has 5 heteroatoms. The van der Waals surface area contributed by atoms with E-state index in [0.29, 0.717) is 35.7 Å². The molecule has 1 heterocycles. The molecule has 1 saturated heterocycles. The van der Waals surface area contributed by atoms with Crippen LogP contribution in [0.1, 0.15) is 17.3 Å². The zero-order valence-electron chi connectivity index (χ0n) is 11.3. The van der Waals surface area contributed by atoms with E-state index in [4.69, 9.17) is 14.2 Å². The fourth-order valence-corrected chi connectivity index (χ4v) is 2.55. The predicted octanol–water partition coefficient (Wildman–Crippen LogP) is 1.52. The van der Waals surface area contributed by atoms with Gasteiger partial charge in [-0.05, 0) is 31.2 Å². The average molecular weight is 274 g/mol. The summed E-state index contributed by atoms with van der Waals surface area (Å²) in [4.78, 5) is 24.5. The first-order valence-corrected chi connectivity index (χ1v) is 6.33. The topological polar surface area (TPSA) is 61.8 Å². The number of benzene rings is 1. The summed E-state index contributed by atoms with van der Waals surface area (Å²) in [6.07, 6.45) is 0. The molecule has 0 atom stereocenters. The van der Waals surface area contributed by atoms with E-state index < -0.39 is 5.79 Å². The minimum Gasteiger partial charge on any atom is -0.497 e. The number of hydrogen-bond acceptors (Lipinski definition) is 5. The highest BCUT2D eigenvalue weighted by molar-refractivity contribution is 6.26. The molecule has 0 saturated carbocycles. The molecule has 2 aliphatic rings. The third kappa shape index (κ3) is 1.63. The van der Waals surface area contributed by atoms with E-state index in [1.807, 2.05) is 0 Å². The molecule has 1 spiro atoms. The van der Waals surface area contributed by atoms with Crippen LogP contribution in [0, 0.1) is 0 Å². The van der Waals surface area contributed by atoms with Crippen LogP contribution >= 0.6 is 0 Å². The maximum Gasteiger partial charge on any atom is 0.265 e. The number of rotatable bonds is 3. The van der Waals surface area contributed by atoms with Crippen LogP contribution in [0.25, 0.3) is 0 Å². The molecule has 0 aromatic heterocycles. The van der Waals surface area contributed by atoms with Crippen LogP contribution in [0.5, 0.6) is 5.75 Å². The van der Waals surface area contributed by atoms with Gasteiger partial charge >= 0.3 is 0 Å². The van der Waals surface area contributed by atoms with Gasteiger partial charge in [-0.2, -0.15) is 0 Å². The van der Waals surface area contributed by atoms with Crippen LogP contribution in [0.2, 0.25) is 0 Å². The molecule has 20 heavy (non-hydrogen) atoms. The normalized spacial score (nSPS) is 20.2. The largest absolute Gasteiger partial charge is 0.497 e. The number of ketones is 2. The van der Waals surface area contributed by atoms with E-state index in [2.05, 4.69) is 0 Å². The van der Waals surface area contributed by atoms with E-state index in [-0.39, 0.29) is 11.6 Å². The predicted molar refractivity (Wildman–Crippen MR) is 69.7 cm³/mol. The summed E-state index contributed by atoms with van der Waals surface area (Å²) >= 11 is 0. The lowest BCUT2D eigenvalue weighted by Gasteiger charge is -2.36. The number of carbonyl (C=O) groups excluding carboxylic acids is 2. The second kappa shape index (κ2) is 4.54. The van der Waals surface area contributed by atoms with Crippen molar-refractivity contribution < 1.29 is 23.8 Å². The molecule has 1 fully saturated rings. The van der Waals surface area contributed by atoms with Gasteiger partial charge in [-0.15, -0.1) is 0 Å². The van der Waals surface area contributed by atoms with Gasteiger partial charge < -0.3 is 14.2 Å². The SMILES string of the molecule is COc1ccc(C(=O)C2=C(C)C(=O)C23OCCO3)cc1. The van der Waals surface area contributed by atoms with Crippen molar-refractivity contribution in [3.63, 3.8) is 0 Å². The Morgan fingerprint density at radius 2 is 1.80 bits per heavy atom. The molecule has 1 aromatic rings. The fourth-order valence-electron chi connectivity index (χ4n) is 2.55. The Morgan fingerprint density at radius 1 is 1.20 bits per heavy atom. The Balaban J connectivity index is 1.95. The molecule has 5 nitrogen and oxygen atoms in total. The highest BCUT2D eigenvalue weighted by Gasteiger charge is 2.59. The van der Waals surface area contributed by atoms with Gasteiger partial charge in [-0.1, -0.05) is 0 Å². The number of carbonyl (C=O) groups is 2. The molecule has 0 bridgehead atoms. The van der Waals surface area contributed by atoms with Crippen molar-refractivity contribution in [1.82, 2.24) is 0 Å². The third-order valence-electron chi connectivity index (χ3n) is 3.62. The number of hydrogen-bond donors (Lipinski definition) is 0. The fraction of sp³-hybridized carbons (Fsp3) is 0.333. The molecule has 0 radical (unpaired) electrons. The van der Waals surface area contributed by atoms with Crippen molar-refractivity contribution in [1.29, 1.82) is 0 Å². The number of ether oxygens (including phenoxy) is 3. The van der Waals surface area contributed by atoms with Crippen molar-refractivity contribution in [2.45, 2.75) is 12.7 Å². The molecular formula is C15H14O5. The number of methoxy groups -OCH3 is 1. The first kappa shape index (κ1) is 13.0. The monoisotopic (exact) mass is 274 g/mol. The van der Waals surface area contributed by atoms with Crippen molar-refractivity contribution in [3.8, 4) is 5.75 Å². The summed E-state index contributed by atoms with van der Waals surface area (Å²) in [6.45, 7) is 2.26. The van der Waals surface area contributed by atoms with E-state index in [0.717, 1.165) is 0 Å². The van der Waals surface area contributed by atoms with Gasteiger partial charge in [0.05, 0.1) is 25.9 Å². The Morgan fingerprint density at radius 3 is 2.35 bits per heavy atom. The van der Waals surface area contributed by atoms with Gasteiger partial charge in [-0.3, -0.25) is 9.59 Å². The second-order valence-corrected chi connectivity index (χ2v) is 4.70. The van der Waals surface area contributed by atoms with Crippen LogP contribution in [0.3, 0.4) is 0 Å². The first-order chi connectivity index (χ1) is 9.60. The second-order valence-electron chi connectivity index (χ2n) is 4.70. The van der Waals surface area contributed by atoms with Gasteiger partial charge in [0, 0.05) is 11.1 Å². The lowest BCUT2D eigenvalue weighted by molar-refractivity contribution is -0.170. The zero-order valence-corrected chi connectivity index (χ0v) is 11.3. The summed E-state index contributed by atoms with van der Waals surface area (Å²) in [7, 11) is 1.56. The van der Waals surface area contributed by atoms with Crippen molar-refractivity contribution in [3.05, 3.63) is 41.0 Å². The van der Waals surface area contributed by atoms with E-state index in [9.17, 15) is 9.59 Å². The summed E-state index contributed by atoms with van der Waals surface area (Å²) in [5.74, 6) is -1.29. The van der Waals surface area contributed by atoms with Crippen LogP contribution in [-0.2, 0) is 14.3 Å². The van der Waals surface area contributed by atoms with Crippen molar-refractivity contribution in [2.75, 3.05) is 20.3 Å². The highest BCUT2D eigenvalue weighted by atomic mass is 16.7. The minimum atomic E-state index is -1.46. The average Bonchev–Trinajstić information content (AvgIpc) is 2.99. The van der Waals surface area contributed by atoms with Gasteiger partial charge in [0.25, 0.3) is 5.79 Å². The quantitative estimate of drug-likeness (QED) is 0.782. The number of Topliss-reactive ketones (excluding diaryl/α,β-unsaturated/α-hetero) is 2. The lowest BCUT2D eigenvalue weighted by Crippen LogP contribution is -2.53. The van der Waals surface area contributed by atoms with E-state index in [1.54, 1.807) is 38.3 Å². The molecule has 1 aromatic carbocycles.